The van der Waals surface area contributed by atoms with Gasteiger partial charge in [-0.25, -0.2) is 4.79 Å². The summed E-state index contributed by atoms with van der Waals surface area (Å²) in [6.07, 6.45) is 1.99. The second kappa shape index (κ2) is 6.22. The lowest BCUT2D eigenvalue weighted by atomic mass is 10.1. The van der Waals surface area contributed by atoms with E-state index in [0.717, 1.165) is 32.6 Å². The van der Waals surface area contributed by atoms with Crippen LogP contribution in [0.5, 0.6) is 0 Å². The number of carbonyl (C=O) groups is 2. The summed E-state index contributed by atoms with van der Waals surface area (Å²) in [6.45, 7) is 9.81. The Balaban J connectivity index is 1.77. The number of aliphatic carboxylic acids is 1. The minimum atomic E-state index is -0.745. The first kappa shape index (κ1) is 16.1. The number of hydrogen-bond acceptors (Lipinski definition) is 3. The summed E-state index contributed by atoms with van der Waals surface area (Å²) < 4.78 is 0. The summed E-state index contributed by atoms with van der Waals surface area (Å²) in [5, 5.41) is 12.0. The van der Waals surface area contributed by atoms with E-state index in [0.29, 0.717) is 12.8 Å². The minimum absolute atomic E-state index is 0.0132. The molecule has 1 aliphatic heterocycles. The number of amides is 2. The van der Waals surface area contributed by atoms with Gasteiger partial charge in [-0.1, -0.05) is 0 Å². The molecule has 2 N–H and O–H groups in total. The highest BCUT2D eigenvalue weighted by Crippen LogP contribution is 2.26. The molecule has 1 saturated carbocycles. The molecule has 0 radical (unpaired) electrons. The van der Waals surface area contributed by atoms with Crippen LogP contribution in [-0.2, 0) is 4.79 Å². The SMILES string of the molecule is CC(C)(C)N1CCN(C(=O)N[C@H]2CC[C@@H](C(=O)O)C2)CC1. The number of hydrogen-bond donors (Lipinski definition) is 2. The molecule has 2 amide bonds. The third-order valence-corrected chi connectivity index (χ3v) is 4.63. The van der Waals surface area contributed by atoms with Gasteiger partial charge in [-0.2, -0.15) is 0 Å². The van der Waals surface area contributed by atoms with Crippen LogP contribution in [0.4, 0.5) is 4.79 Å². The number of nitrogens with zero attached hydrogens (tertiary/aromatic N) is 2. The van der Waals surface area contributed by atoms with E-state index in [-0.39, 0.29) is 23.5 Å². The molecule has 0 bridgehead atoms. The Hall–Kier alpha value is -1.30. The third-order valence-electron chi connectivity index (χ3n) is 4.63. The number of piperazine rings is 1. The zero-order valence-electron chi connectivity index (χ0n) is 13.3. The maximum absolute atomic E-state index is 12.2. The Morgan fingerprint density at radius 1 is 1.10 bits per heavy atom. The van der Waals surface area contributed by atoms with Gasteiger partial charge in [-0.3, -0.25) is 9.69 Å². The largest absolute Gasteiger partial charge is 0.481 e. The summed E-state index contributed by atoms with van der Waals surface area (Å²) in [7, 11) is 0. The lowest BCUT2D eigenvalue weighted by molar-refractivity contribution is -0.141. The number of carboxylic acids is 1. The molecule has 1 saturated heterocycles. The molecule has 21 heavy (non-hydrogen) atoms. The van der Waals surface area contributed by atoms with Gasteiger partial charge < -0.3 is 15.3 Å². The van der Waals surface area contributed by atoms with Crippen LogP contribution in [0.3, 0.4) is 0 Å². The highest BCUT2D eigenvalue weighted by molar-refractivity contribution is 5.75. The van der Waals surface area contributed by atoms with E-state index >= 15 is 0 Å². The van der Waals surface area contributed by atoms with Crippen LogP contribution in [0.1, 0.15) is 40.0 Å². The van der Waals surface area contributed by atoms with E-state index in [1.54, 1.807) is 0 Å². The van der Waals surface area contributed by atoms with Crippen LogP contribution in [-0.4, -0.2) is 64.7 Å². The van der Waals surface area contributed by atoms with Crippen LogP contribution in [0.15, 0.2) is 0 Å². The molecular weight excluding hydrogens is 270 g/mol. The second-order valence-electron chi connectivity index (χ2n) is 7.14. The predicted molar refractivity (Wildman–Crippen MR) is 80.2 cm³/mol. The average molecular weight is 297 g/mol. The van der Waals surface area contributed by atoms with E-state index in [4.69, 9.17) is 5.11 Å². The van der Waals surface area contributed by atoms with Gasteiger partial charge in [0, 0.05) is 37.8 Å². The molecule has 0 aromatic heterocycles. The Morgan fingerprint density at radius 2 is 1.71 bits per heavy atom. The van der Waals surface area contributed by atoms with Gasteiger partial charge in [-0.15, -0.1) is 0 Å². The van der Waals surface area contributed by atoms with Crippen molar-refractivity contribution in [3.05, 3.63) is 0 Å². The molecule has 0 aromatic rings. The van der Waals surface area contributed by atoms with Crippen molar-refractivity contribution >= 4 is 12.0 Å². The van der Waals surface area contributed by atoms with Gasteiger partial charge in [0.2, 0.25) is 0 Å². The van der Waals surface area contributed by atoms with Crippen molar-refractivity contribution < 1.29 is 14.7 Å². The van der Waals surface area contributed by atoms with Gasteiger partial charge >= 0.3 is 12.0 Å². The van der Waals surface area contributed by atoms with E-state index in [9.17, 15) is 9.59 Å². The summed E-state index contributed by atoms with van der Waals surface area (Å²) >= 11 is 0. The van der Waals surface area contributed by atoms with Crippen LogP contribution in [0.25, 0.3) is 0 Å². The van der Waals surface area contributed by atoms with Crippen molar-refractivity contribution in [2.24, 2.45) is 5.92 Å². The highest BCUT2D eigenvalue weighted by Gasteiger charge is 2.33. The van der Waals surface area contributed by atoms with E-state index in [1.165, 1.54) is 0 Å². The van der Waals surface area contributed by atoms with Gasteiger partial charge in [0.25, 0.3) is 0 Å². The molecule has 0 aromatic carbocycles. The first-order valence-corrected chi connectivity index (χ1v) is 7.80. The van der Waals surface area contributed by atoms with Crippen LogP contribution in [0.2, 0.25) is 0 Å². The molecule has 2 rings (SSSR count). The molecule has 120 valence electrons. The van der Waals surface area contributed by atoms with Crippen LogP contribution >= 0.6 is 0 Å². The Morgan fingerprint density at radius 3 is 2.19 bits per heavy atom. The first-order valence-electron chi connectivity index (χ1n) is 7.80. The fourth-order valence-corrected chi connectivity index (χ4v) is 3.18. The lowest BCUT2D eigenvalue weighted by Crippen LogP contribution is -2.57. The third kappa shape index (κ3) is 4.09. The fraction of sp³-hybridized carbons (Fsp3) is 0.867. The van der Waals surface area contributed by atoms with E-state index in [1.807, 2.05) is 4.90 Å². The monoisotopic (exact) mass is 297 g/mol. The molecule has 2 fully saturated rings. The molecule has 0 spiro atoms. The Bertz CT molecular complexity index is 397. The molecule has 2 aliphatic rings. The minimum Gasteiger partial charge on any atom is -0.481 e. The molecule has 1 aliphatic carbocycles. The molecule has 1 heterocycles. The number of carboxylic acid groups (broad SMARTS) is 1. The van der Waals surface area contributed by atoms with Crippen molar-refractivity contribution in [1.82, 2.24) is 15.1 Å². The topological polar surface area (TPSA) is 72.9 Å². The highest BCUT2D eigenvalue weighted by atomic mass is 16.4. The van der Waals surface area contributed by atoms with Gasteiger partial charge in [0.15, 0.2) is 0 Å². The van der Waals surface area contributed by atoms with Crippen molar-refractivity contribution in [2.75, 3.05) is 26.2 Å². The normalized spacial score (nSPS) is 27.7. The maximum Gasteiger partial charge on any atom is 0.317 e. The Kier molecular flexibility index (Phi) is 4.76. The average Bonchev–Trinajstić information content (AvgIpc) is 2.86. The molecule has 6 nitrogen and oxygen atoms in total. The molecule has 0 unspecified atom stereocenters. The zero-order chi connectivity index (χ0) is 15.6. The van der Waals surface area contributed by atoms with Crippen LogP contribution < -0.4 is 5.32 Å². The smallest absolute Gasteiger partial charge is 0.317 e. The predicted octanol–water partition coefficient (Wildman–Crippen LogP) is 1.37. The zero-order valence-corrected chi connectivity index (χ0v) is 13.3. The number of carbonyl (C=O) groups excluding carboxylic acids is 1. The van der Waals surface area contributed by atoms with Gasteiger partial charge in [0.1, 0.15) is 0 Å². The molecule has 2 atom stereocenters. The van der Waals surface area contributed by atoms with Gasteiger partial charge in [0.05, 0.1) is 5.92 Å². The summed E-state index contributed by atoms with van der Waals surface area (Å²) in [4.78, 5) is 27.4. The van der Waals surface area contributed by atoms with Crippen molar-refractivity contribution in [3.63, 3.8) is 0 Å². The summed E-state index contributed by atoms with van der Waals surface area (Å²) in [5.74, 6) is -1.04. The van der Waals surface area contributed by atoms with Crippen molar-refractivity contribution in [1.29, 1.82) is 0 Å². The van der Waals surface area contributed by atoms with Gasteiger partial charge in [-0.05, 0) is 40.0 Å². The standard InChI is InChI=1S/C15H27N3O3/c1-15(2,3)18-8-6-17(7-9-18)14(21)16-12-5-4-11(10-12)13(19)20/h11-12H,4-10H2,1-3H3,(H,16,21)(H,19,20)/t11-,12+/m1/s1. The number of nitrogens with one attached hydrogen (secondary N) is 1. The van der Waals surface area contributed by atoms with E-state index < -0.39 is 5.97 Å². The first-order chi connectivity index (χ1) is 9.77. The fourth-order valence-electron chi connectivity index (χ4n) is 3.18. The molecular formula is C15H27N3O3. The van der Waals surface area contributed by atoms with Crippen LogP contribution in [0, 0.1) is 5.92 Å². The Labute approximate surface area is 126 Å². The van der Waals surface area contributed by atoms with Crippen molar-refractivity contribution in [3.8, 4) is 0 Å². The maximum atomic E-state index is 12.2. The lowest BCUT2D eigenvalue weighted by Gasteiger charge is -2.42. The summed E-state index contributed by atoms with van der Waals surface area (Å²) in [6, 6.07) is -0.0288. The number of urea groups is 1. The second-order valence-corrected chi connectivity index (χ2v) is 7.14. The number of rotatable bonds is 2. The van der Waals surface area contributed by atoms with E-state index in [2.05, 4.69) is 31.0 Å². The summed E-state index contributed by atoms with van der Waals surface area (Å²) in [5.41, 5.74) is 0.142. The molecule has 6 heteroatoms. The quantitative estimate of drug-likeness (QED) is 0.807. The van der Waals surface area contributed by atoms with Crippen molar-refractivity contribution in [2.45, 2.75) is 51.6 Å².